The molecule has 0 spiro atoms. The Hall–Kier alpha value is -3.19. The fourth-order valence-corrected chi connectivity index (χ4v) is 3.17. The van der Waals surface area contributed by atoms with Crippen molar-refractivity contribution in [3.63, 3.8) is 0 Å². The molecular formula is C21H20ClN5O2. The molecule has 2 aromatic carbocycles. The highest BCUT2D eigenvalue weighted by Crippen LogP contribution is 2.19. The van der Waals surface area contributed by atoms with Crippen molar-refractivity contribution in [2.45, 2.75) is 25.8 Å². The molecule has 1 N–H and O–H groups in total. The molecular weight excluding hydrogens is 390 g/mol. The molecule has 29 heavy (non-hydrogen) atoms. The summed E-state index contributed by atoms with van der Waals surface area (Å²) in [4.78, 5) is 26.2. The van der Waals surface area contributed by atoms with Crippen molar-refractivity contribution >= 4 is 28.5 Å². The summed E-state index contributed by atoms with van der Waals surface area (Å²) in [6, 6.07) is 15.1. The normalized spacial score (nSPS) is 11.1. The first-order valence-electron chi connectivity index (χ1n) is 9.34. The Morgan fingerprint density at radius 3 is 2.72 bits per heavy atom. The second-order valence-electron chi connectivity index (χ2n) is 6.82. The summed E-state index contributed by atoms with van der Waals surface area (Å²) in [6.07, 6.45) is 1.58. The summed E-state index contributed by atoms with van der Waals surface area (Å²) in [5, 5.41) is 4.64. The third-order valence-electron chi connectivity index (χ3n) is 4.60. The Labute approximate surface area is 172 Å². The number of carbonyl (C=O) groups is 1. The van der Waals surface area contributed by atoms with Crippen molar-refractivity contribution in [2.24, 2.45) is 0 Å². The van der Waals surface area contributed by atoms with Crippen molar-refractivity contribution in [3.05, 3.63) is 65.3 Å². The monoisotopic (exact) mass is 409 g/mol. The van der Waals surface area contributed by atoms with Gasteiger partial charge in [-0.1, -0.05) is 28.9 Å². The first kappa shape index (κ1) is 19.1. The zero-order valence-corrected chi connectivity index (χ0v) is 16.7. The summed E-state index contributed by atoms with van der Waals surface area (Å²) in [5.41, 5.74) is 2.71. The molecule has 0 radical (unpaired) electrons. The van der Waals surface area contributed by atoms with E-state index in [1.807, 2.05) is 36.4 Å². The maximum absolute atomic E-state index is 12.4. The van der Waals surface area contributed by atoms with Crippen LogP contribution in [0.4, 0.5) is 0 Å². The molecule has 148 valence electrons. The van der Waals surface area contributed by atoms with Gasteiger partial charge in [0, 0.05) is 30.5 Å². The summed E-state index contributed by atoms with van der Waals surface area (Å²) in [5.74, 6) is 1.85. The molecule has 0 aliphatic carbocycles. The lowest BCUT2D eigenvalue weighted by Gasteiger charge is -2.15. The fraction of sp³-hybridized carbons (Fsp3) is 0.238. The number of carbonyl (C=O) groups excluding carboxylic acids is 1. The fourth-order valence-electron chi connectivity index (χ4n) is 3.05. The first-order valence-corrected chi connectivity index (χ1v) is 9.72. The molecule has 7 nitrogen and oxygen atoms in total. The lowest BCUT2D eigenvalue weighted by molar-refractivity contribution is -0.130. The molecule has 1 amide bonds. The van der Waals surface area contributed by atoms with E-state index in [4.69, 9.17) is 16.1 Å². The molecule has 0 aliphatic heterocycles. The van der Waals surface area contributed by atoms with Gasteiger partial charge in [-0.05, 0) is 42.8 Å². The number of amides is 1. The Morgan fingerprint density at radius 2 is 1.93 bits per heavy atom. The zero-order valence-electron chi connectivity index (χ0n) is 15.9. The second-order valence-corrected chi connectivity index (χ2v) is 7.26. The number of fused-ring (bicyclic) bond motifs is 1. The van der Waals surface area contributed by atoms with Crippen molar-refractivity contribution in [3.8, 4) is 11.4 Å². The number of H-pyrrole nitrogens is 1. The number of nitrogens with zero attached hydrogens (tertiary/aromatic N) is 4. The topological polar surface area (TPSA) is 87.9 Å². The van der Waals surface area contributed by atoms with Gasteiger partial charge >= 0.3 is 0 Å². The Kier molecular flexibility index (Phi) is 5.57. The molecule has 0 saturated heterocycles. The number of nitrogens with one attached hydrogen (secondary N) is 1. The van der Waals surface area contributed by atoms with Crippen molar-refractivity contribution in [1.29, 1.82) is 0 Å². The van der Waals surface area contributed by atoms with Crippen LogP contribution in [-0.2, 0) is 17.8 Å². The lowest BCUT2D eigenvalue weighted by Crippen LogP contribution is -2.26. The van der Waals surface area contributed by atoms with Gasteiger partial charge in [-0.3, -0.25) is 4.79 Å². The van der Waals surface area contributed by atoms with Gasteiger partial charge < -0.3 is 14.4 Å². The quantitative estimate of drug-likeness (QED) is 0.493. The minimum absolute atomic E-state index is 0.0443. The average molecular weight is 410 g/mol. The highest BCUT2D eigenvalue weighted by Gasteiger charge is 2.13. The van der Waals surface area contributed by atoms with E-state index in [2.05, 4.69) is 20.1 Å². The molecule has 0 unspecified atom stereocenters. The highest BCUT2D eigenvalue weighted by atomic mass is 35.5. The summed E-state index contributed by atoms with van der Waals surface area (Å²) >= 11 is 5.89. The second kappa shape index (κ2) is 8.45. The molecule has 4 aromatic rings. The minimum atomic E-state index is 0.0443. The number of halogens is 1. The minimum Gasteiger partial charge on any atom is -0.340 e. The molecule has 0 bridgehead atoms. The van der Waals surface area contributed by atoms with E-state index in [0.29, 0.717) is 42.5 Å². The van der Waals surface area contributed by atoms with Gasteiger partial charge in [0.1, 0.15) is 5.82 Å². The van der Waals surface area contributed by atoms with Crippen LogP contribution in [-0.4, -0.2) is 38.0 Å². The van der Waals surface area contributed by atoms with Crippen LogP contribution in [0.25, 0.3) is 22.4 Å². The number of rotatable bonds is 7. The number of aromatic amines is 1. The maximum Gasteiger partial charge on any atom is 0.226 e. The van der Waals surface area contributed by atoms with Crippen LogP contribution in [0.2, 0.25) is 5.02 Å². The summed E-state index contributed by atoms with van der Waals surface area (Å²) in [6.45, 7) is 0.439. The molecule has 0 atom stereocenters. The van der Waals surface area contributed by atoms with Gasteiger partial charge in [-0.2, -0.15) is 4.98 Å². The van der Waals surface area contributed by atoms with E-state index in [1.165, 1.54) is 0 Å². The molecule has 8 heteroatoms. The third-order valence-corrected chi connectivity index (χ3v) is 4.85. The van der Waals surface area contributed by atoms with Crippen molar-refractivity contribution in [2.75, 3.05) is 7.05 Å². The van der Waals surface area contributed by atoms with E-state index >= 15 is 0 Å². The van der Waals surface area contributed by atoms with Crippen LogP contribution >= 0.6 is 11.6 Å². The van der Waals surface area contributed by atoms with E-state index in [0.717, 1.165) is 22.4 Å². The van der Waals surface area contributed by atoms with E-state index in [1.54, 1.807) is 24.1 Å². The SMILES string of the molecule is CN(Cc1nc2ccccc2[nH]1)C(=O)CCCc1nc(-c2ccc(Cl)cc2)no1. The molecule has 0 fully saturated rings. The maximum atomic E-state index is 12.4. The predicted molar refractivity (Wildman–Crippen MR) is 110 cm³/mol. The number of imidazole rings is 1. The largest absolute Gasteiger partial charge is 0.340 e. The smallest absolute Gasteiger partial charge is 0.226 e. The number of para-hydroxylation sites is 2. The van der Waals surface area contributed by atoms with Crippen molar-refractivity contribution in [1.82, 2.24) is 25.0 Å². The number of benzene rings is 2. The van der Waals surface area contributed by atoms with Crippen LogP contribution < -0.4 is 0 Å². The van der Waals surface area contributed by atoms with Crippen molar-refractivity contribution < 1.29 is 9.32 Å². The zero-order chi connectivity index (χ0) is 20.2. The highest BCUT2D eigenvalue weighted by molar-refractivity contribution is 6.30. The molecule has 2 aromatic heterocycles. The molecule has 0 saturated carbocycles. The molecule has 4 rings (SSSR count). The Bertz CT molecular complexity index is 1090. The van der Waals surface area contributed by atoms with Gasteiger partial charge in [-0.15, -0.1) is 0 Å². The van der Waals surface area contributed by atoms with Crippen LogP contribution in [0, 0.1) is 0 Å². The standard InChI is InChI=1S/C21H20ClN5O2/c1-27(13-18-23-16-5-2-3-6-17(16)24-18)20(28)8-4-7-19-25-21(26-29-19)14-9-11-15(22)12-10-14/h2-3,5-6,9-12H,4,7-8,13H2,1H3,(H,23,24). The average Bonchev–Trinajstić information content (AvgIpc) is 3.35. The van der Waals surface area contributed by atoms with Crippen LogP contribution in [0.5, 0.6) is 0 Å². The number of aryl methyl sites for hydroxylation is 1. The van der Waals surface area contributed by atoms with Crippen LogP contribution in [0.15, 0.2) is 53.1 Å². The first-order chi connectivity index (χ1) is 14.1. The van der Waals surface area contributed by atoms with E-state index < -0.39 is 0 Å². The summed E-state index contributed by atoms with van der Waals surface area (Å²) < 4.78 is 5.29. The Balaban J connectivity index is 1.27. The molecule has 2 heterocycles. The van der Waals surface area contributed by atoms with Gasteiger partial charge in [0.15, 0.2) is 0 Å². The van der Waals surface area contributed by atoms with Gasteiger partial charge in [-0.25, -0.2) is 4.98 Å². The van der Waals surface area contributed by atoms with Crippen LogP contribution in [0.3, 0.4) is 0 Å². The number of hydrogen-bond donors (Lipinski definition) is 1. The van der Waals surface area contributed by atoms with E-state index in [-0.39, 0.29) is 5.91 Å². The lowest BCUT2D eigenvalue weighted by atomic mass is 10.2. The van der Waals surface area contributed by atoms with Gasteiger partial charge in [0.2, 0.25) is 17.6 Å². The Morgan fingerprint density at radius 1 is 1.14 bits per heavy atom. The molecule has 0 aliphatic rings. The summed E-state index contributed by atoms with van der Waals surface area (Å²) in [7, 11) is 1.78. The van der Waals surface area contributed by atoms with Gasteiger partial charge in [0.05, 0.1) is 17.6 Å². The van der Waals surface area contributed by atoms with E-state index in [9.17, 15) is 4.79 Å². The van der Waals surface area contributed by atoms with Gasteiger partial charge in [0.25, 0.3) is 0 Å². The number of hydrogen-bond acceptors (Lipinski definition) is 5. The van der Waals surface area contributed by atoms with Crippen LogP contribution in [0.1, 0.15) is 24.6 Å². The third kappa shape index (κ3) is 4.63. The number of aromatic nitrogens is 4. The predicted octanol–water partition coefficient (Wildman–Crippen LogP) is 4.25.